The van der Waals surface area contributed by atoms with Crippen molar-refractivity contribution < 1.29 is 22.5 Å². The number of benzene rings is 1. The number of nitrogens with zero attached hydrogens (tertiary/aromatic N) is 3. The van der Waals surface area contributed by atoms with Gasteiger partial charge >= 0.3 is 6.29 Å². The van der Waals surface area contributed by atoms with Crippen molar-refractivity contribution in [2.45, 2.75) is 36.5 Å². The van der Waals surface area contributed by atoms with E-state index >= 15 is 0 Å². The maximum absolute atomic E-state index is 13.4. The number of piperidine rings is 1. The lowest BCUT2D eigenvalue weighted by atomic mass is 10.1. The van der Waals surface area contributed by atoms with Crippen LogP contribution in [0.25, 0.3) is 11.0 Å². The van der Waals surface area contributed by atoms with Gasteiger partial charge < -0.3 is 19.4 Å². The highest BCUT2D eigenvalue weighted by Crippen LogP contribution is 2.45. The Morgan fingerprint density at radius 3 is 2.83 bits per heavy atom. The Bertz CT molecular complexity index is 1150. The first-order chi connectivity index (χ1) is 14.4. The molecule has 0 radical (unpaired) electrons. The zero-order valence-corrected chi connectivity index (χ0v) is 18.1. The topological polar surface area (TPSA) is 80.3 Å². The second-order valence-corrected chi connectivity index (χ2v) is 9.38. The van der Waals surface area contributed by atoms with Crippen LogP contribution in [0.15, 0.2) is 34.0 Å². The predicted molar refractivity (Wildman–Crippen MR) is 110 cm³/mol. The van der Waals surface area contributed by atoms with E-state index in [4.69, 9.17) is 0 Å². The minimum atomic E-state index is -3.74. The molecule has 11 heteroatoms. The normalized spacial score (nSPS) is 18.7. The molecule has 0 bridgehead atoms. The fourth-order valence-corrected chi connectivity index (χ4v) is 5.14. The number of imidazole rings is 1. The number of aromatic amines is 1. The molecule has 1 unspecified atom stereocenters. The Morgan fingerprint density at radius 2 is 2.03 bits per heavy atom. The van der Waals surface area contributed by atoms with Crippen molar-refractivity contribution in [1.82, 2.24) is 15.0 Å². The van der Waals surface area contributed by atoms with Gasteiger partial charge in [0.15, 0.2) is 10.9 Å². The van der Waals surface area contributed by atoms with Crippen LogP contribution >= 0.6 is 15.9 Å². The van der Waals surface area contributed by atoms with Gasteiger partial charge in [-0.15, -0.1) is 8.78 Å². The van der Waals surface area contributed by atoms with Gasteiger partial charge in [-0.25, -0.2) is 4.98 Å². The molecule has 1 N–H and O–H groups in total. The van der Waals surface area contributed by atoms with Crippen molar-refractivity contribution in [2.24, 2.45) is 0 Å². The summed E-state index contributed by atoms with van der Waals surface area (Å²) in [6.07, 6.45) is 1.50. The molecule has 1 atom stereocenters. The molecule has 4 heterocycles. The molecule has 7 nitrogen and oxygen atoms in total. The number of halogens is 3. The Kier molecular flexibility index (Phi) is 4.89. The van der Waals surface area contributed by atoms with E-state index in [0.29, 0.717) is 11.2 Å². The minimum Gasteiger partial charge on any atom is -0.395 e. The standard InChI is InChI=1S/C19H17BrF2N4O3S/c20-12-9-23-11(8-14(12)26-6-2-1-3-7-26)10-30(27)18-24-13-4-5-15-17(16(13)25-18)29-19(21,22)28-15/h4-5,8-9H,1-3,6-7,10H2,(H,24,25). The molecule has 1 fully saturated rings. The lowest BCUT2D eigenvalue weighted by molar-refractivity contribution is -0.286. The molecule has 5 rings (SSSR count). The lowest BCUT2D eigenvalue weighted by Gasteiger charge is -2.29. The van der Waals surface area contributed by atoms with Crippen LogP contribution in [0.4, 0.5) is 14.5 Å². The van der Waals surface area contributed by atoms with E-state index in [2.05, 4.69) is 45.3 Å². The maximum atomic E-state index is 13.4. The van der Waals surface area contributed by atoms with Gasteiger partial charge in [0, 0.05) is 19.3 Å². The first kappa shape index (κ1) is 19.7. The number of nitrogens with one attached hydrogen (secondary N) is 1. The number of H-pyrrole nitrogens is 1. The van der Waals surface area contributed by atoms with Crippen LogP contribution in [0.1, 0.15) is 25.0 Å². The van der Waals surface area contributed by atoms with E-state index in [1.807, 2.05) is 6.07 Å². The third kappa shape index (κ3) is 3.64. The van der Waals surface area contributed by atoms with E-state index in [-0.39, 0.29) is 27.9 Å². The minimum absolute atomic E-state index is 0.0999. The zero-order valence-electron chi connectivity index (χ0n) is 15.7. The highest BCUT2D eigenvalue weighted by atomic mass is 79.9. The number of anilines is 1. The molecule has 2 aliphatic heterocycles. The second kappa shape index (κ2) is 7.45. The van der Waals surface area contributed by atoms with Crippen molar-refractivity contribution in [3.8, 4) is 11.5 Å². The largest absolute Gasteiger partial charge is 0.586 e. The summed E-state index contributed by atoms with van der Waals surface area (Å²) in [6.45, 7) is 1.96. The smallest absolute Gasteiger partial charge is 0.395 e. The van der Waals surface area contributed by atoms with Crippen LogP contribution in [-0.2, 0) is 16.6 Å². The van der Waals surface area contributed by atoms with Crippen molar-refractivity contribution in [3.63, 3.8) is 0 Å². The molecule has 3 aromatic rings. The monoisotopic (exact) mass is 498 g/mol. The van der Waals surface area contributed by atoms with Crippen molar-refractivity contribution >= 4 is 43.5 Å². The number of rotatable bonds is 4. The van der Waals surface area contributed by atoms with Gasteiger partial charge in [0.1, 0.15) is 5.52 Å². The molecule has 0 saturated carbocycles. The van der Waals surface area contributed by atoms with Gasteiger partial charge in [-0.05, 0) is 53.4 Å². The molecule has 30 heavy (non-hydrogen) atoms. The van der Waals surface area contributed by atoms with E-state index in [9.17, 15) is 13.0 Å². The Balaban J connectivity index is 1.40. The summed E-state index contributed by atoms with van der Waals surface area (Å²) in [5, 5.41) is 0.168. The summed E-state index contributed by atoms with van der Waals surface area (Å²) in [5.74, 6) is -0.118. The highest BCUT2D eigenvalue weighted by Gasteiger charge is 2.45. The summed E-state index contributed by atoms with van der Waals surface area (Å²) < 4.78 is 49.6. The number of hydrogen-bond donors (Lipinski definition) is 1. The summed E-state index contributed by atoms with van der Waals surface area (Å²) in [4.78, 5) is 13.8. The first-order valence-corrected chi connectivity index (χ1v) is 11.6. The van der Waals surface area contributed by atoms with Gasteiger partial charge in [0.05, 0.1) is 37.9 Å². The van der Waals surface area contributed by atoms with Crippen molar-refractivity contribution in [3.05, 3.63) is 34.6 Å². The van der Waals surface area contributed by atoms with Crippen molar-refractivity contribution in [1.29, 1.82) is 0 Å². The fraction of sp³-hybridized carbons (Fsp3) is 0.368. The Morgan fingerprint density at radius 1 is 1.23 bits per heavy atom. The number of pyridine rings is 1. The van der Waals surface area contributed by atoms with Crippen LogP contribution in [0.3, 0.4) is 0 Å². The Hall–Kier alpha value is -2.27. The van der Waals surface area contributed by atoms with Crippen LogP contribution in [-0.4, -0.2) is 38.5 Å². The molecule has 1 aromatic carbocycles. The van der Waals surface area contributed by atoms with Crippen LogP contribution in [0.5, 0.6) is 11.5 Å². The van der Waals surface area contributed by atoms with E-state index in [1.54, 1.807) is 12.3 Å². The van der Waals surface area contributed by atoms with Gasteiger partial charge in [-0.2, -0.15) is 0 Å². The third-order valence-electron chi connectivity index (χ3n) is 5.08. The summed E-state index contributed by atoms with van der Waals surface area (Å²) >= 11 is 3.55. The van der Waals surface area contributed by atoms with Crippen LogP contribution < -0.4 is 14.4 Å². The summed E-state index contributed by atoms with van der Waals surface area (Å²) in [7, 11) is -1.55. The SMILES string of the molecule is O=S(Cc1cc(N2CCCCC2)c(Br)cn1)c1nc2c3c(ccc2[nH]1)OC(F)(F)O3. The summed E-state index contributed by atoms with van der Waals surface area (Å²) in [5.41, 5.74) is 2.29. The first-order valence-electron chi connectivity index (χ1n) is 9.46. The molecule has 0 amide bonds. The fourth-order valence-electron chi connectivity index (χ4n) is 3.69. The predicted octanol–water partition coefficient (Wildman–Crippen LogP) is 4.34. The quantitative estimate of drug-likeness (QED) is 0.576. The van der Waals surface area contributed by atoms with E-state index in [1.165, 1.54) is 12.5 Å². The van der Waals surface area contributed by atoms with E-state index < -0.39 is 17.1 Å². The molecule has 2 aromatic heterocycles. The third-order valence-corrected chi connectivity index (χ3v) is 6.88. The molecule has 158 valence electrons. The van der Waals surface area contributed by atoms with Gasteiger partial charge in [0.2, 0.25) is 5.75 Å². The lowest BCUT2D eigenvalue weighted by Crippen LogP contribution is -2.29. The maximum Gasteiger partial charge on any atom is 0.586 e. The van der Waals surface area contributed by atoms with Gasteiger partial charge in [-0.3, -0.25) is 9.19 Å². The van der Waals surface area contributed by atoms with Crippen LogP contribution in [0, 0.1) is 0 Å². The number of ether oxygens (including phenoxy) is 2. The zero-order chi connectivity index (χ0) is 20.9. The molecular formula is C19H17BrF2N4O3S. The molecule has 1 saturated heterocycles. The molecule has 0 aliphatic carbocycles. The number of hydrogen-bond acceptors (Lipinski definition) is 6. The number of aromatic nitrogens is 3. The summed E-state index contributed by atoms with van der Waals surface area (Å²) in [6, 6.07) is 4.84. The van der Waals surface area contributed by atoms with Crippen molar-refractivity contribution in [2.75, 3.05) is 18.0 Å². The molecule has 0 spiro atoms. The average molecular weight is 499 g/mol. The Labute approximate surface area is 181 Å². The highest BCUT2D eigenvalue weighted by molar-refractivity contribution is 9.10. The number of fused-ring (bicyclic) bond motifs is 3. The van der Waals surface area contributed by atoms with Gasteiger partial charge in [0.25, 0.3) is 0 Å². The van der Waals surface area contributed by atoms with Crippen LogP contribution in [0.2, 0.25) is 0 Å². The second-order valence-electron chi connectivity index (χ2n) is 7.16. The average Bonchev–Trinajstić information content (AvgIpc) is 3.29. The molecule has 2 aliphatic rings. The number of alkyl halides is 2. The van der Waals surface area contributed by atoms with Gasteiger partial charge in [-0.1, -0.05) is 0 Å². The van der Waals surface area contributed by atoms with E-state index in [0.717, 1.165) is 36.1 Å². The molecular weight excluding hydrogens is 482 g/mol.